The second kappa shape index (κ2) is 7.05. The summed E-state index contributed by atoms with van der Waals surface area (Å²) in [5, 5.41) is 0. The molecule has 0 saturated heterocycles. The molecule has 4 nitrogen and oxygen atoms in total. The molecule has 0 spiro atoms. The van der Waals surface area contributed by atoms with Gasteiger partial charge in [0.2, 0.25) is 10.0 Å². The number of nitrogens with zero attached hydrogens (tertiary/aromatic N) is 1. The zero-order valence-electron chi connectivity index (χ0n) is 13.1. The standard InChI is InChI=1S/C14H23FN2O2S.ClH/c1-10-6-12(15)7-11(2)13(10)20(18,19)17(5)9-14(3,4)8-16;/h6-7H,8-9,16H2,1-5H3;1H. The molecule has 1 rings (SSSR count). The molecule has 0 radical (unpaired) electrons. The van der Waals surface area contributed by atoms with Crippen LogP contribution in [0.3, 0.4) is 0 Å². The number of nitrogens with two attached hydrogens (primary N) is 1. The van der Waals surface area contributed by atoms with Gasteiger partial charge in [-0.25, -0.2) is 17.1 Å². The molecule has 2 N–H and O–H groups in total. The maximum atomic E-state index is 13.3. The summed E-state index contributed by atoms with van der Waals surface area (Å²) in [6.07, 6.45) is 0. The van der Waals surface area contributed by atoms with Gasteiger partial charge in [-0.2, -0.15) is 0 Å². The Morgan fingerprint density at radius 2 is 1.67 bits per heavy atom. The molecule has 0 atom stereocenters. The van der Waals surface area contributed by atoms with Crippen molar-refractivity contribution >= 4 is 22.4 Å². The van der Waals surface area contributed by atoms with Crippen molar-refractivity contribution in [2.75, 3.05) is 20.1 Å². The Hall–Kier alpha value is -0.690. The van der Waals surface area contributed by atoms with E-state index in [1.807, 2.05) is 13.8 Å². The lowest BCUT2D eigenvalue weighted by atomic mass is 9.94. The summed E-state index contributed by atoms with van der Waals surface area (Å²) >= 11 is 0. The molecule has 0 saturated carbocycles. The topological polar surface area (TPSA) is 63.4 Å². The molecule has 7 heteroatoms. The summed E-state index contributed by atoms with van der Waals surface area (Å²) in [6.45, 7) is 7.71. The molecule has 0 amide bonds. The number of hydrogen-bond acceptors (Lipinski definition) is 3. The molecular weight excluding hydrogens is 315 g/mol. The number of rotatable bonds is 5. The van der Waals surface area contributed by atoms with Gasteiger partial charge in [-0.3, -0.25) is 0 Å². The Morgan fingerprint density at radius 3 is 2.05 bits per heavy atom. The van der Waals surface area contributed by atoms with Crippen LogP contribution in [0, 0.1) is 25.1 Å². The van der Waals surface area contributed by atoms with Gasteiger partial charge in [0.25, 0.3) is 0 Å². The van der Waals surface area contributed by atoms with Gasteiger partial charge in [-0.05, 0) is 49.1 Å². The normalized spacial score (nSPS) is 12.4. The van der Waals surface area contributed by atoms with Crippen molar-refractivity contribution in [3.8, 4) is 0 Å². The molecule has 122 valence electrons. The van der Waals surface area contributed by atoms with Crippen LogP contribution in [0.4, 0.5) is 4.39 Å². The Bertz CT molecular complexity index is 580. The zero-order chi connectivity index (χ0) is 15.7. The van der Waals surface area contributed by atoms with Crippen molar-refractivity contribution in [3.05, 3.63) is 29.1 Å². The minimum absolute atomic E-state index is 0. The first-order valence-electron chi connectivity index (χ1n) is 6.44. The Balaban J connectivity index is 0.00000400. The molecule has 0 fully saturated rings. The third kappa shape index (κ3) is 4.64. The quantitative estimate of drug-likeness (QED) is 0.897. The van der Waals surface area contributed by atoms with Gasteiger partial charge in [0, 0.05) is 13.6 Å². The van der Waals surface area contributed by atoms with Gasteiger partial charge in [0.05, 0.1) is 4.90 Å². The third-order valence-corrected chi connectivity index (χ3v) is 5.41. The monoisotopic (exact) mass is 338 g/mol. The molecule has 0 aromatic heterocycles. The molecule has 0 aliphatic carbocycles. The van der Waals surface area contributed by atoms with E-state index in [0.717, 1.165) is 0 Å². The number of hydrogen-bond donors (Lipinski definition) is 1. The molecule has 0 bridgehead atoms. The third-order valence-electron chi connectivity index (χ3n) is 3.30. The number of halogens is 2. The molecular formula is C14H24ClFN2O2S. The second-order valence-electron chi connectivity index (χ2n) is 6.00. The van der Waals surface area contributed by atoms with Crippen molar-refractivity contribution in [3.63, 3.8) is 0 Å². The van der Waals surface area contributed by atoms with Gasteiger partial charge in [-0.15, -0.1) is 12.4 Å². The van der Waals surface area contributed by atoms with Gasteiger partial charge >= 0.3 is 0 Å². The molecule has 0 aliphatic heterocycles. The maximum absolute atomic E-state index is 13.3. The van der Waals surface area contributed by atoms with E-state index >= 15 is 0 Å². The first-order chi connectivity index (χ1) is 9.01. The Kier molecular flexibility index (Phi) is 6.82. The fourth-order valence-electron chi connectivity index (χ4n) is 2.21. The highest BCUT2D eigenvalue weighted by molar-refractivity contribution is 7.89. The fourth-order valence-corrected chi connectivity index (χ4v) is 3.98. The fraction of sp³-hybridized carbons (Fsp3) is 0.571. The Labute approximate surface area is 133 Å². The van der Waals surface area contributed by atoms with Crippen LogP contribution in [0.2, 0.25) is 0 Å². The summed E-state index contributed by atoms with van der Waals surface area (Å²) in [6, 6.07) is 2.48. The SMILES string of the molecule is Cc1cc(F)cc(C)c1S(=O)(=O)N(C)CC(C)(C)CN.Cl. The predicted molar refractivity (Wildman–Crippen MR) is 85.8 cm³/mol. The number of aryl methyl sites for hydroxylation is 2. The van der Waals surface area contributed by atoms with Crippen molar-refractivity contribution < 1.29 is 12.8 Å². The molecule has 1 aromatic carbocycles. The average molecular weight is 339 g/mol. The van der Waals surface area contributed by atoms with E-state index in [1.165, 1.54) is 23.5 Å². The maximum Gasteiger partial charge on any atom is 0.243 e. The van der Waals surface area contributed by atoms with Crippen molar-refractivity contribution in [2.24, 2.45) is 11.1 Å². The van der Waals surface area contributed by atoms with E-state index in [4.69, 9.17) is 5.73 Å². The molecule has 0 aliphatic rings. The van der Waals surface area contributed by atoms with Crippen LogP contribution in [0.25, 0.3) is 0 Å². The highest BCUT2D eigenvalue weighted by Crippen LogP contribution is 2.26. The van der Waals surface area contributed by atoms with Crippen molar-refractivity contribution in [2.45, 2.75) is 32.6 Å². The first kappa shape index (κ1) is 20.3. The van der Waals surface area contributed by atoms with Gasteiger partial charge in [-0.1, -0.05) is 13.8 Å². The zero-order valence-corrected chi connectivity index (χ0v) is 14.7. The second-order valence-corrected chi connectivity index (χ2v) is 7.98. The average Bonchev–Trinajstić information content (AvgIpc) is 2.26. The van der Waals surface area contributed by atoms with Crippen LogP contribution >= 0.6 is 12.4 Å². The van der Waals surface area contributed by atoms with Crippen LogP contribution in [0.5, 0.6) is 0 Å². The van der Waals surface area contributed by atoms with Crippen LogP contribution in [0.1, 0.15) is 25.0 Å². The molecule has 0 heterocycles. The van der Waals surface area contributed by atoms with Gasteiger partial charge in [0.1, 0.15) is 5.82 Å². The van der Waals surface area contributed by atoms with E-state index in [-0.39, 0.29) is 22.7 Å². The van der Waals surface area contributed by atoms with E-state index < -0.39 is 15.8 Å². The minimum atomic E-state index is -3.65. The predicted octanol–water partition coefficient (Wildman–Crippen LogP) is 2.47. The first-order valence-corrected chi connectivity index (χ1v) is 7.88. The molecule has 0 unspecified atom stereocenters. The highest BCUT2D eigenvalue weighted by atomic mass is 35.5. The molecule has 21 heavy (non-hydrogen) atoms. The minimum Gasteiger partial charge on any atom is -0.330 e. The van der Waals surface area contributed by atoms with Crippen LogP contribution in [-0.4, -0.2) is 32.9 Å². The van der Waals surface area contributed by atoms with E-state index in [0.29, 0.717) is 24.2 Å². The number of benzene rings is 1. The summed E-state index contributed by atoms with van der Waals surface area (Å²) in [4.78, 5) is 0.175. The smallest absolute Gasteiger partial charge is 0.243 e. The summed E-state index contributed by atoms with van der Waals surface area (Å²) in [5.41, 5.74) is 6.16. The van der Waals surface area contributed by atoms with Crippen molar-refractivity contribution in [1.82, 2.24) is 4.31 Å². The largest absolute Gasteiger partial charge is 0.330 e. The van der Waals surface area contributed by atoms with E-state index in [2.05, 4.69) is 0 Å². The van der Waals surface area contributed by atoms with Crippen LogP contribution in [-0.2, 0) is 10.0 Å². The van der Waals surface area contributed by atoms with Crippen molar-refractivity contribution in [1.29, 1.82) is 0 Å². The number of sulfonamides is 1. The summed E-state index contributed by atoms with van der Waals surface area (Å²) in [5.74, 6) is -0.427. The lowest BCUT2D eigenvalue weighted by Gasteiger charge is -2.29. The summed E-state index contributed by atoms with van der Waals surface area (Å²) < 4.78 is 39.9. The highest BCUT2D eigenvalue weighted by Gasteiger charge is 2.29. The lowest BCUT2D eigenvalue weighted by Crippen LogP contribution is -2.40. The summed E-state index contributed by atoms with van der Waals surface area (Å²) in [7, 11) is -2.13. The lowest BCUT2D eigenvalue weighted by molar-refractivity contribution is 0.291. The van der Waals surface area contributed by atoms with Gasteiger partial charge < -0.3 is 5.73 Å². The Morgan fingerprint density at radius 1 is 1.24 bits per heavy atom. The van der Waals surface area contributed by atoms with Crippen LogP contribution in [0.15, 0.2) is 17.0 Å². The van der Waals surface area contributed by atoms with E-state index in [9.17, 15) is 12.8 Å². The van der Waals surface area contributed by atoms with Gasteiger partial charge in [0.15, 0.2) is 0 Å². The van der Waals surface area contributed by atoms with Crippen LogP contribution < -0.4 is 5.73 Å². The van der Waals surface area contributed by atoms with E-state index in [1.54, 1.807) is 13.8 Å². The molecule has 1 aromatic rings.